The van der Waals surface area contributed by atoms with Crippen molar-refractivity contribution in [2.45, 2.75) is 6.92 Å². The molecule has 1 fully saturated rings. The van der Waals surface area contributed by atoms with Gasteiger partial charge in [0, 0.05) is 48.7 Å². The molecule has 4 rings (SSSR count). The van der Waals surface area contributed by atoms with Crippen molar-refractivity contribution in [3.05, 3.63) is 46.5 Å². The number of aryl methyl sites for hydroxylation is 1. The van der Waals surface area contributed by atoms with Gasteiger partial charge in [-0.3, -0.25) is 4.99 Å². The summed E-state index contributed by atoms with van der Waals surface area (Å²) in [7, 11) is 0. The molecule has 0 spiro atoms. The van der Waals surface area contributed by atoms with Crippen molar-refractivity contribution >= 4 is 40.6 Å². The smallest absolute Gasteiger partial charge is 0.0879 e. The number of nitrogens with one attached hydrogen (secondary N) is 2. The molecule has 23 heavy (non-hydrogen) atoms. The van der Waals surface area contributed by atoms with Gasteiger partial charge in [-0.1, -0.05) is 17.7 Å². The molecule has 0 unspecified atom stereocenters. The molecule has 4 nitrogen and oxygen atoms in total. The Morgan fingerprint density at radius 2 is 1.87 bits per heavy atom. The molecule has 0 amide bonds. The van der Waals surface area contributed by atoms with E-state index in [0.29, 0.717) is 5.02 Å². The largest absolute Gasteiger partial charge is 0.368 e. The average Bonchev–Trinajstić information content (AvgIpc) is 2.75. The Kier molecular flexibility index (Phi) is 3.71. The predicted molar refractivity (Wildman–Crippen MR) is 98.3 cm³/mol. The van der Waals surface area contributed by atoms with Crippen LogP contribution in [0.15, 0.2) is 35.3 Å². The molecular weight excluding hydrogens is 308 g/mol. The Balaban J connectivity index is 1.82. The van der Waals surface area contributed by atoms with Crippen LogP contribution in [0.25, 0.3) is 0 Å². The summed E-state index contributed by atoms with van der Waals surface area (Å²) in [5.41, 5.74) is 6.66. The van der Waals surface area contributed by atoms with E-state index in [1.165, 1.54) is 11.3 Å². The highest BCUT2D eigenvalue weighted by atomic mass is 35.5. The molecule has 2 N–H and O–H groups in total. The fourth-order valence-electron chi connectivity index (χ4n) is 3.26. The Bertz CT molecular complexity index is 779. The third kappa shape index (κ3) is 2.69. The first-order valence-corrected chi connectivity index (χ1v) is 8.30. The summed E-state index contributed by atoms with van der Waals surface area (Å²) in [6, 6.07) is 10.1. The van der Waals surface area contributed by atoms with E-state index in [4.69, 9.17) is 11.6 Å². The monoisotopic (exact) mass is 326 g/mol. The van der Waals surface area contributed by atoms with Crippen LogP contribution in [0, 0.1) is 6.92 Å². The number of piperazine rings is 1. The molecule has 0 aliphatic carbocycles. The number of benzene rings is 2. The molecule has 2 aliphatic rings. The van der Waals surface area contributed by atoms with Gasteiger partial charge in [0.05, 0.1) is 17.1 Å². The molecule has 0 saturated carbocycles. The number of nitrogens with zero attached hydrogens (tertiary/aromatic N) is 2. The summed E-state index contributed by atoms with van der Waals surface area (Å²) >= 11 is 6.10. The number of hydrogen-bond acceptors (Lipinski definition) is 4. The van der Waals surface area contributed by atoms with E-state index in [1.807, 2.05) is 24.4 Å². The molecule has 0 aromatic heterocycles. The molecule has 118 valence electrons. The Morgan fingerprint density at radius 3 is 2.70 bits per heavy atom. The summed E-state index contributed by atoms with van der Waals surface area (Å²) in [6.07, 6.45) is 1.97. The molecule has 5 heteroatoms. The van der Waals surface area contributed by atoms with E-state index in [1.54, 1.807) is 0 Å². The number of aliphatic imine (C=N–C) groups is 1. The zero-order valence-electron chi connectivity index (χ0n) is 13.1. The fourth-order valence-corrected chi connectivity index (χ4v) is 3.43. The SMILES string of the molecule is Cc1ccc2c(c1N1CCNCC1)C=Nc1cc(Cl)ccc1N2. The third-order valence-corrected chi connectivity index (χ3v) is 4.65. The van der Waals surface area contributed by atoms with Gasteiger partial charge in [-0.25, -0.2) is 0 Å². The number of hydrogen-bond donors (Lipinski definition) is 2. The summed E-state index contributed by atoms with van der Waals surface area (Å²) in [6.45, 7) is 6.24. The first-order valence-electron chi connectivity index (χ1n) is 7.92. The molecule has 0 radical (unpaired) electrons. The van der Waals surface area contributed by atoms with Gasteiger partial charge in [-0.05, 0) is 36.8 Å². The van der Waals surface area contributed by atoms with Gasteiger partial charge in [-0.2, -0.15) is 0 Å². The van der Waals surface area contributed by atoms with Crippen LogP contribution in [0.4, 0.5) is 22.7 Å². The lowest BCUT2D eigenvalue weighted by Gasteiger charge is -2.32. The second kappa shape index (κ2) is 5.87. The molecule has 0 bridgehead atoms. The maximum atomic E-state index is 6.10. The fraction of sp³-hybridized carbons (Fsp3) is 0.278. The van der Waals surface area contributed by atoms with Crippen LogP contribution in [0.1, 0.15) is 11.1 Å². The van der Waals surface area contributed by atoms with Crippen molar-refractivity contribution in [3.8, 4) is 0 Å². The minimum Gasteiger partial charge on any atom is -0.368 e. The standard InChI is InChI=1S/C18H19ClN4/c1-12-2-4-15-14(18(12)23-8-6-20-7-9-23)11-21-17-10-13(19)3-5-16(17)22-15/h2-5,10-11,20,22H,6-9H2,1H3. The van der Waals surface area contributed by atoms with Gasteiger partial charge in [0.1, 0.15) is 0 Å². The van der Waals surface area contributed by atoms with Gasteiger partial charge in [0.2, 0.25) is 0 Å². The lowest BCUT2D eigenvalue weighted by atomic mass is 10.0. The summed E-state index contributed by atoms with van der Waals surface area (Å²) < 4.78 is 0. The second-order valence-corrected chi connectivity index (χ2v) is 6.41. The van der Waals surface area contributed by atoms with E-state index >= 15 is 0 Å². The number of anilines is 3. The van der Waals surface area contributed by atoms with Gasteiger partial charge in [0.25, 0.3) is 0 Å². The van der Waals surface area contributed by atoms with Crippen molar-refractivity contribution in [1.29, 1.82) is 0 Å². The Labute approximate surface area is 141 Å². The minimum atomic E-state index is 0.701. The molecule has 2 heterocycles. The molecule has 2 aromatic carbocycles. The lowest BCUT2D eigenvalue weighted by Crippen LogP contribution is -2.44. The van der Waals surface area contributed by atoms with Crippen LogP contribution in [0.5, 0.6) is 0 Å². The van der Waals surface area contributed by atoms with E-state index in [2.05, 4.69) is 39.6 Å². The molecule has 2 aromatic rings. The van der Waals surface area contributed by atoms with Crippen LogP contribution in [0.2, 0.25) is 5.02 Å². The molecule has 2 aliphatic heterocycles. The predicted octanol–water partition coefficient (Wildman–Crippen LogP) is 3.87. The van der Waals surface area contributed by atoms with Crippen molar-refractivity contribution < 1.29 is 0 Å². The zero-order valence-corrected chi connectivity index (χ0v) is 13.8. The van der Waals surface area contributed by atoms with Gasteiger partial charge in [-0.15, -0.1) is 0 Å². The third-order valence-electron chi connectivity index (χ3n) is 4.41. The van der Waals surface area contributed by atoms with Crippen molar-refractivity contribution in [1.82, 2.24) is 5.32 Å². The summed E-state index contributed by atoms with van der Waals surface area (Å²) in [4.78, 5) is 7.12. The van der Waals surface area contributed by atoms with Crippen molar-refractivity contribution in [2.75, 3.05) is 36.4 Å². The maximum Gasteiger partial charge on any atom is 0.0879 e. The Hall–Kier alpha value is -2.04. The quantitative estimate of drug-likeness (QED) is 0.713. The van der Waals surface area contributed by atoms with Gasteiger partial charge < -0.3 is 15.5 Å². The molecule has 0 atom stereocenters. The summed E-state index contributed by atoms with van der Waals surface area (Å²) in [5.74, 6) is 0. The zero-order chi connectivity index (χ0) is 15.8. The highest BCUT2D eigenvalue weighted by Crippen LogP contribution is 2.38. The summed E-state index contributed by atoms with van der Waals surface area (Å²) in [5, 5.41) is 7.62. The highest BCUT2D eigenvalue weighted by Gasteiger charge is 2.20. The first kappa shape index (κ1) is 14.5. The van der Waals surface area contributed by atoms with Crippen LogP contribution < -0.4 is 15.5 Å². The van der Waals surface area contributed by atoms with E-state index in [0.717, 1.165) is 48.8 Å². The number of fused-ring (bicyclic) bond motifs is 2. The maximum absolute atomic E-state index is 6.10. The topological polar surface area (TPSA) is 39.7 Å². The minimum absolute atomic E-state index is 0.701. The van der Waals surface area contributed by atoms with Gasteiger partial charge in [0.15, 0.2) is 0 Å². The number of halogens is 1. The van der Waals surface area contributed by atoms with Crippen LogP contribution >= 0.6 is 11.6 Å². The first-order chi connectivity index (χ1) is 11.2. The van der Waals surface area contributed by atoms with Crippen LogP contribution in [-0.2, 0) is 0 Å². The van der Waals surface area contributed by atoms with Crippen molar-refractivity contribution in [3.63, 3.8) is 0 Å². The molecular formula is C18H19ClN4. The van der Waals surface area contributed by atoms with Crippen molar-refractivity contribution in [2.24, 2.45) is 4.99 Å². The van der Waals surface area contributed by atoms with E-state index < -0.39 is 0 Å². The second-order valence-electron chi connectivity index (χ2n) is 5.97. The normalized spacial score (nSPS) is 16.3. The van der Waals surface area contributed by atoms with E-state index in [9.17, 15) is 0 Å². The van der Waals surface area contributed by atoms with Crippen LogP contribution in [0.3, 0.4) is 0 Å². The average molecular weight is 327 g/mol. The Morgan fingerprint density at radius 1 is 1.09 bits per heavy atom. The molecule has 1 saturated heterocycles. The number of rotatable bonds is 1. The van der Waals surface area contributed by atoms with Gasteiger partial charge >= 0.3 is 0 Å². The van der Waals surface area contributed by atoms with Crippen LogP contribution in [-0.4, -0.2) is 32.4 Å². The van der Waals surface area contributed by atoms with E-state index in [-0.39, 0.29) is 0 Å². The highest BCUT2D eigenvalue weighted by molar-refractivity contribution is 6.31. The lowest BCUT2D eigenvalue weighted by molar-refractivity contribution is 0.588.